The fourth-order valence-electron chi connectivity index (χ4n) is 4.38. The smallest absolute Gasteiger partial charge is 0.332 e. The van der Waals surface area contributed by atoms with Crippen LogP contribution in [0.1, 0.15) is 6.42 Å². The van der Waals surface area contributed by atoms with E-state index in [2.05, 4.69) is 15.1 Å². The number of aryl methyl sites for hydroxylation is 1. The van der Waals surface area contributed by atoms with Crippen molar-refractivity contribution in [2.75, 3.05) is 44.2 Å². The van der Waals surface area contributed by atoms with Gasteiger partial charge in [0.1, 0.15) is 18.0 Å². The lowest BCUT2D eigenvalue weighted by Crippen LogP contribution is -2.47. The summed E-state index contributed by atoms with van der Waals surface area (Å²) in [5, 5.41) is 3.31. The monoisotopic (exact) mass is 456 g/mol. The number of fused-ring (bicyclic) bond motifs is 1. The Morgan fingerprint density at radius 1 is 1.03 bits per heavy atom. The van der Waals surface area contributed by atoms with Crippen molar-refractivity contribution in [1.82, 2.24) is 23.9 Å². The van der Waals surface area contributed by atoms with Crippen LogP contribution in [0.5, 0.6) is 0 Å². The van der Waals surface area contributed by atoms with E-state index in [4.69, 9.17) is 0 Å². The van der Waals surface area contributed by atoms with Crippen LogP contribution in [-0.2, 0) is 25.4 Å². The fraction of sp³-hybridized carbons (Fsp3) is 0.435. The Kier molecular flexibility index (Phi) is 6.64. The summed E-state index contributed by atoms with van der Waals surface area (Å²) in [4.78, 5) is 41.3. The molecular formula is C23H29FN6O3. The highest BCUT2D eigenvalue weighted by atomic mass is 19.1. The maximum absolute atomic E-state index is 14.0. The number of piperazine rings is 1. The molecule has 10 heteroatoms. The summed E-state index contributed by atoms with van der Waals surface area (Å²) >= 11 is 0. The predicted molar refractivity (Wildman–Crippen MR) is 125 cm³/mol. The van der Waals surface area contributed by atoms with Crippen molar-refractivity contribution in [2.24, 2.45) is 14.1 Å². The molecule has 2 aromatic heterocycles. The van der Waals surface area contributed by atoms with E-state index >= 15 is 0 Å². The van der Waals surface area contributed by atoms with Gasteiger partial charge in [-0.3, -0.25) is 23.6 Å². The Bertz CT molecular complexity index is 1270. The highest BCUT2D eigenvalue weighted by Gasteiger charge is 2.19. The molecule has 1 aliphatic heterocycles. The van der Waals surface area contributed by atoms with E-state index in [1.165, 1.54) is 17.7 Å². The van der Waals surface area contributed by atoms with Crippen LogP contribution in [0.3, 0.4) is 0 Å². The van der Waals surface area contributed by atoms with E-state index in [0.717, 1.165) is 43.7 Å². The molecule has 0 atom stereocenters. The normalized spacial score (nSPS) is 14.7. The minimum Gasteiger partial charge on any atom is -0.367 e. The largest absolute Gasteiger partial charge is 0.367 e. The van der Waals surface area contributed by atoms with Crippen molar-refractivity contribution >= 4 is 22.6 Å². The number of amides is 1. The number of para-hydroxylation sites is 1. The van der Waals surface area contributed by atoms with Crippen LogP contribution < -0.4 is 21.5 Å². The lowest BCUT2D eigenvalue weighted by Gasteiger charge is -2.36. The van der Waals surface area contributed by atoms with Crippen LogP contribution in [0.2, 0.25) is 0 Å². The van der Waals surface area contributed by atoms with E-state index in [-0.39, 0.29) is 23.8 Å². The summed E-state index contributed by atoms with van der Waals surface area (Å²) in [6, 6.07) is 8.48. The van der Waals surface area contributed by atoms with Gasteiger partial charge in [0.2, 0.25) is 5.91 Å². The van der Waals surface area contributed by atoms with Crippen molar-refractivity contribution in [3.8, 4) is 0 Å². The van der Waals surface area contributed by atoms with Crippen LogP contribution in [0, 0.1) is 5.82 Å². The van der Waals surface area contributed by atoms with Gasteiger partial charge in [0.05, 0.1) is 11.1 Å². The molecular weight excluding hydrogens is 427 g/mol. The summed E-state index contributed by atoms with van der Waals surface area (Å²) in [6.07, 6.45) is 2.46. The maximum Gasteiger partial charge on any atom is 0.332 e. The van der Waals surface area contributed by atoms with Gasteiger partial charge in [-0.2, -0.15) is 0 Å². The Morgan fingerprint density at radius 2 is 1.76 bits per heavy atom. The molecule has 176 valence electrons. The summed E-state index contributed by atoms with van der Waals surface area (Å²) < 4.78 is 18.0. The molecule has 4 rings (SSSR count). The Hall–Kier alpha value is -3.40. The number of carbonyl (C=O) groups is 1. The molecule has 0 unspecified atom stereocenters. The van der Waals surface area contributed by atoms with Crippen LogP contribution in [0.15, 0.2) is 46.1 Å². The fourth-order valence-corrected chi connectivity index (χ4v) is 4.38. The first kappa shape index (κ1) is 22.8. The number of benzene rings is 1. The van der Waals surface area contributed by atoms with Crippen molar-refractivity contribution in [2.45, 2.75) is 13.0 Å². The number of aromatic nitrogens is 3. The molecule has 1 amide bonds. The van der Waals surface area contributed by atoms with Gasteiger partial charge in [0, 0.05) is 53.0 Å². The molecule has 3 heterocycles. The summed E-state index contributed by atoms with van der Waals surface area (Å²) in [7, 11) is 3.03. The van der Waals surface area contributed by atoms with E-state index in [1.54, 1.807) is 29.9 Å². The molecule has 1 saturated heterocycles. The van der Waals surface area contributed by atoms with Crippen LogP contribution in [-0.4, -0.2) is 63.8 Å². The topological polar surface area (TPSA) is 84.5 Å². The van der Waals surface area contributed by atoms with Gasteiger partial charge in [-0.05, 0) is 31.2 Å². The molecule has 0 saturated carbocycles. The van der Waals surface area contributed by atoms with Crippen molar-refractivity contribution in [3.05, 3.63) is 63.2 Å². The van der Waals surface area contributed by atoms with E-state index in [1.807, 2.05) is 12.1 Å². The van der Waals surface area contributed by atoms with Crippen LogP contribution in [0.4, 0.5) is 10.1 Å². The zero-order chi connectivity index (χ0) is 23.5. The Labute approximate surface area is 190 Å². The molecule has 0 spiro atoms. The van der Waals surface area contributed by atoms with Gasteiger partial charge in [-0.25, -0.2) is 9.18 Å². The third-order valence-electron chi connectivity index (χ3n) is 6.21. The zero-order valence-electron chi connectivity index (χ0n) is 19.0. The van der Waals surface area contributed by atoms with Crippen molar-refractivity contribution < 1.29 is 9.18 Å². The number of anilines is 1. The minimum absolute atomic E-state index is 0.0330. The highest BCUT2D eigenvalue weighted by Crippen LogP contribution is 2.20. The van der Waals surface area contributed by atoms with E-state index in [9.17, 15) is 18.8 Å². The van der Waals surface area contributed by atoms with Crippen LogP contribution >= 0.6 is 0 Å². The Balaban J connectivity index is 1.24. The average molecular weight is 457 g/mol. The zero-order valence-corrected chi connectivity index (χ0v) is 19.0. The lowest BCUT2D eigenvalue weighted by atomic mass is 10.2. The van der Waals surface area contributed by atoms with Crippen LogP contribution in [0.25, 0.3) is 11.0 Å². The molecule has 1 N–H and O–H groups in total. The molecule has 1 aromatic carbocycles. The lowest BCUT2D eigenvalue weighted by molar-refractivity contribution is -0.121. The van der Waals surface area contributed by atoms with Crippen molar-refractivity contribution in [1.29, 1.82) is 0 Å². The maximum atomic E-state index is 14.0. The van der Waals surface area contributed by atoms with Gasteiger partial charge in [0.15, 0.2) is 0 Å². The summed E-state index contributed by atoms with van der Waals surface area (Å²) in [6.45, 7) is 4.65. The molecule has 0 bridgehead atoms. The second kappa shape index (κ2) is 9.62. The molecule has 0 aliphatic carbocycles. The van der Waals surface area contributed by atoms with Gasteiger partial charge in [-0.1, -0.05) is 12.1 Å². The first-order valence-electron chi connectivity index (χ1n) is 11.1. The Morgan fingerprint density at radius 3 is 2.48 bits per heavy atom. The number of nitrogens with one attached hydrogen (secondary N) is 1. The molecule has 3 aromatic rings. The number of halogens is 1. The van der Waals surface area contributed by atoms with Gasteiger partial charge in [-0.15, -0.1) is 0 Å². The molecule has 1 fully saturated rings. The quantitative estimate of drug-likeness (QED) is 0.524. The van der Waals surface area contributed by atoms with E-state index < -0.39 is 5.69 Å². The number of hydrogen-bond donors (Lipinski definition) is 1. The first-order chi connectivity index (χ1) is 15.9. The summed E-state index contributed by atoms with van der Waals surface area (Å²) in [5.41, 5.74) is 0.286. The molecule has 1 aliphatic rings. The number of nitrogens with zero attached hydrogens (tertiary/aromatic N) is 5. The SMILES string of the molecule is Cn1c(=O)c2ccn(CC(=O)NCCCN3CCN(c4ccccc4F)CC3)c2n(C)c1=O. The first-order valence-corrected chi connectivity index (χ1v) is 11.1. The number of carbonyl (C=O) groups excluding carboxylic acids is 1. The van der Waals surface area contributed by atoms with E-state index in [0.29, 0.717) is 23.3 Å². The predicted octanol–water partition coefficient (Wildman–Crippen LogP) is 0.506. The third kappa shape index (κ3) is 4.70. The van der Waals surface area contributed by atoms with Gasteiger partial charge >= 0.3 is 5.69 Å². The standard InChI is InChI=1S/C23H29FN6O3/c1-26-21-17(22(32)27(2)23(26)33)8-11-30(21)16-20(31)25-9-5-10-28-12-14-29(15-13-28)19-7-4-3-6-18(19)24/h3-4,6-8,11H,5,9-10,12-16H2,1-2H3,(H,25,31). The minimum atomic E-state index is -0.428. The average Bonchev–Trinajstić information content (AvgIpc) is 3.23. The molecule has 33 heavy (non-hydrogen) atoms. The number of hydrogen-bond acceptors (Lipinski definition) is 5. The summed E-state index contributed by atoms with van der Waals surface area (Å²) in [5.74, 6) is -0.366. The number of rotatable bonds is 7. The second-order valence-electron chi connectivity index (χ2n) is 8.37. The second-order valence-corrected chi connectivity index (χ2v) is 8.37. The van der Waals surface area contributed by atoms with Gasteiger partial charge < -0.3 is 14.8 Å². The van der Waals surface area contributed by atoms with Crippen molar-refractivity contribution in [3.63, 3.8) is 0 Å². The molecule has 0 radical (unpaired) electrons. The molecule has 9 nitrogen and oxygen atoms in total. The van der Waals surface area contributed by atoms with Gasteiger partial charge in [0.25, 0.3) is 5.56 Å². The third-order valence-corrected chi connectivity index (χ3v) is 6.21. The highest BCUT2D eigenvalue weighted by molar-refractivity contribution is 5.80.